The monoisotopic (exact) mass is 352 g/mol. The standard InChI is InChI=1S/C18H32N4O3/c1-13(2)17(24)22-11-9-21(10-12-22)14(3)16(23)20-18(25)19-15-7-5-4-6-8-15/h13-15H,4-12H2,1-3H3,(H2,19,20,23,25). The van der Waals surface area contributed by atoms with Gasteiger partial charge in [0.2, 0.25) is 11.8 Å². The molecule has 2 aliphatic rings. The van der Waals surface area contributed by atoms with Crippen LogP contribution in [0.4, 0.5) is 4.79 Å². The number of amides is 4. The Hall–Kier alpha value is -1.63. The molecular formula is C18H32N4O3. The van der Waals surface area contributed by atoms with Crippen molar-refractivity contribution < 1.29 is 14.4 Å². The Kier molecular flexibility index (Phi) is 7.23. The number of carbonyl (C=O) groups excluding carboxylic acids is 3. The van der Waals surface area contributed by atoms with Crippen LogP contribution < -0.4 is 10.6 Å². The maximum Gasteiger partial charge on any atom is 0.321 e. The van der Waals surface area contributed by atoms with Gasteiger partial charge in [-0.2, -0.15) is 0 Å². The first-order valence-corrected chi connectivity index (χ1v) is 9.52. The Bertz CT molecular complexity index is 481. The highest BCUT2D eigenvalue weighted by Crippen LogP contribution is 2.17. The van der Waals surface area contributed by atoms with Gasteiger partial charge in [0.25, 0.3) is 0 Å². The lowest BCUT2D eigenvalue weighted by atomic mass is 9.96. The van der Waals surface area contributed by atoms with Crippen LogP contribution in [-0.4, -0.2) is 65.9 Å². The average molecular weight is 352 g/mol. The summed E-state index contributed by atoms with van der Waals surface area (Å²) in [4.78, 5) is 40.2. The van der Waals surface area contributed by atoms with E-state index in [1.807, 2.05) is 30.6 Å². The Morgan fingerprint density at radius 1 is 0.920 bits per heavy atom. The molecule has 0 spiro atoms. The summed E-state index contributed by atoms with van der Waals surface area (Å²) < 4.78 is 0. The summed E-state index contributed by atoms with van der Waals surface area (Å²) in [6.07, 6.45) is 5.47. The molecule has 0 aromatic carbocycles. The average Bonchev–Trinajstić information content (AvgIpc) is 2.61. The second-order valence-corrected chi connectivity index (χ2v) is 7.49. The fraction of sp³-hybridized carbons (Fsp3) is 0.833. The summed E-state index contributed by atoms with van der Waals surface area (Å²) in [5.41, 5.74) is 0. The van der Waals surface area contributed by atoms with E-state index < -0.39 is 6.03 Å². The van der Waals surface area contributed by atoms with Crippen molar-refractivity contribution in [2.75, 3.05) is 26.2 Å². The van der Waals surface area contributed by atoms with Crippen LogP contribution in [0, 0.1) is 5.92 Å². The second kappa shape index (κ2) is 9.17. The van der Waals surface area contributed by atoms with Crippen molar-refractivity contribution in [3.05, 3.63) is 0 Å². The first-order valence-electron chi connectivity index (χ1n) is 9.52. The lowest BCUT2D eigenvalue weighted by Gasteiger charge is -2.38. The summed E-state index contributed by atoms with van der Waals surface area (Å²) >= 11 is 0. The first-order chi connectivity index (χ1) is 11.9. The number of rotatable bonds is 4. The fourth-order valence-corrected chi connectivity index (χ4v) is 3.55. The number of urea groups is 1. The molecule has 1 aliphatic heterocycles. The maximum absolute atomic E-state index is 12.3. The molecule has 0 bridgehead atoms. The van der Waals surface area contributed by atoms with Crippen molar-refractivity contribution >= 4 is 17.8 Å². The molecule has 2 rings (SSSR count). The molecule has 7 heteroatoms. The Labute approximate surface area is 150 Å². The van der Waals surface area contributed by atoms with Gasteiger partial charge in [0.15, 0.2) is 0 Å². The topological polar surface area (TPSA) is 81.8 Å². The zero-order valence-electron chi connectivity index (χ0n) is 15.7. The molecule has 1 aliphatic carbocycles. The van der Waals surface area contributed by atoms with Gasteiger partial charge in [-0.1, -0.05) is 33.1 Å². The zero-order valence-corrected chi connectivity index (χ0v) is 15.7. The van der Waals surface area contributed by atoms with Gasteiger partial charge < -0.3 is 10.2 Å². The van der Waals surface area contributed by atoms with Crippen molar-refractivity contribution in [1.29, 1.82) is 0 Å². The van der Waals surface area contributed by atoms with Crippen LogP contribution in [0.2, 0.25) is 0 Å². The summed E-state index contributed by atoms with van der Waals surface area (Å²) in [7, 11) is 0. The van der Waals surface area contributed by atoms with E-state index >= 15 is 0 Å². The van der Waals surface area contributed by atoms with E-state index in [0.29, 0.717) is 26.2 Å². The van der Waals surface area contributed by atoms with Crippen LogP contribution in [-0.2, 0) is 9.59 Å². The predicted octanol–water partition coefficient (Wildman–Crippen LogP) is 1.33. The van der Waals surface area contributed by atoms with Gasteiger partial charge >= 0.3 is 6.03 Å². The third-order valence-corrected chi connectivity index (χ3v) is 5.22. The van der Waals surface area contributed by atoms with Crippen LogP contribution in [0.5, 0.6) is 0 Å². The van der Waals surface area contributed by atoms with Crippen LogP contribution in [0.1, 0.15) is 52.9 Å². The van der Waals surface area contributed by atoms with Gasteiger partial charge in [0, 0.05) is 38.1 Å². The Morgan fingerprint density at radius 3 is 2.08 bits per heavy atom. The first kappa shape index (κ1) is 19.7. The van der Waals surface area contributed by atoms with Gasteiger partial charge in [-0.15, -0.1) is 0 Å². The molecule has 1 unspecified atom stereocenters. The second-order valence-electron chi connectivity index (χ2n) is 7.49. The maximum atomic E-state index is 12.3. The zero-order chi connectivity index (χ0) is 18.4. The molecule has 1 atom stereocenters. The van der Waals surface area contributed by atoms with E-state index in [9.17, 15) is 14.4 Å². The molecule has 2 N–H and O–H groups in total. The van der Waals surface area contributed by atoms with Crippen LogP contribution in [0.25, 0.3) is 0 Å². The summed E-state index contributed by atoms with van der Waals surface area (Å²) in [5.74, 6) is -0.128. The molecule has 2 fully saturated rings. The lowest BCUT2D eigenvalue weighted by Crippen LogP contribution is -2.57. The quantitative estimate of drug-likeness (QED) is 0.800. The minimum atomic E-state index is -0.391. The van der Waals surface area contributed by atoms with Gasteiger partial charge in [-0.3, -0.25) is 19.8 Å². The molecule has 0 aromatic heterocycles. The van der Waals surface area contributed by atoms with Crippen LogP contribution >= 0.6 is 0 Å². The largest absolute Gasteiger partial charge is 0.340 e. The van der Waals surface area contributed by atoms with Gasteiger partial charge in [-0.25, -0.2) is 4.79 Å². The third-order valence-electron chi connectivity index (χ3n) is 5.22. The number of hydrogen-bond acceptors (Lipinski definition) is 4. The lowest BCUT2D eigenvalue weighted by molar-refractivity contribution is -0.137. The smallest absolute Gasteiger partial charge is 0.321 e. The minimum absolute atomic E-state index is 0.00393. The molecule has 7 nitrogen and oxygen atoms in total. The molecule has 1 heterocycles. The molecular weight excluding hydrogens is 320 g/mol. The predicted molar refractivity (Wildman–Crippen MR) is 96.0 cm³/mol. The highest BCUT2D eigenvalue weighted by molar-refractivity contribution is 5.96. The Balaban J connectivity index is 1.74. The fourth-order valence-electron chi connectivity index (χ4n) is 3.55. The highest BCUT2D eigenvalue weighted by atomic mass is 16.2. The number of carbonyl (C=O) groups is 3. The number of nitrogens with one attached hydrogen (secondary N) is 2. The third kappa shape index (κ3) is 5.70. The summed E-state index contributed by atoms with van der Waals surface area (Å²) in [6.45, 7) is 8.16. The Morgan fingerprint density at radius 2 is 1.52 bits per heavy atom. The summed E-state index contributed by atoms with van der Waals surface area (Å²) in [5, 5.41) is 5.37. The van der Waals surface area contributed by atoms with Gasteiger partial charge in [0.1, 0.15) is 0 Å². The van der Waals surface area contributed by atoms with E-state index in [4.69, 9.17) is 0 Å². The van der Waals surface area contributed by atoms with E-state index in [-0.39, 0.29) is 29.8 Å². The molecule has 4 amide bonds. The summed E-state index contributed by atoms with van der Waals surface area (Å²) in [6, 6.07) is -0.590. The molecule has 142 valence electrons. The highest BCUT2D eigenvalue weighted by Gasteiger charge is 2.29. The number of imide groups is 1. The van der Waals surface area contributed by atoms with Crippen LogP contribution in [0.3, 0.4) is 0 Å². The van der Waals surface area contributed by atoms with E-state index in [1.165, 1.54) is 6.42 Å². The molecule has 25 heavy (non-hydrogen) atoms. The van der Waals surface area contributed by atoms with E-state index in [0.717, 1.165) is 25.7 Å². The van der Waals surface area contributed by atoms with Crippen molar-refractivity contribution in [3.8, 4) is 0 Å². The van der Waals surface area contributed by atoms with Crippen molar-refractivity contribution in [2.24, 2.45) is 5.92 Å². The van der Waals surface area contributed by atoms with Crippen molar-refractivity contribution in [3.63, 3.8) is 0 Å². The molecule has 0 radical (unpaired) electrons. The normalized spacial score (nSPS) is 21.0. The molecule has 0 aromatic rings. The molecule has 1 saturated heterocycles. The van der Waals surface area contributed by atoms with Crippen molar-refractivity contribution in [2.45, 2.75) is 65.0 Å². The number of piperazine rings is 1. The number of hydrogen-bond donors (Lipinski definition) is 2. The van der Waals surface area contributed by atoms with Gasteiger partial charge in [0.05, 0.1) is 6.04 Å². The van der Waals surface area contributed by atoms with Crippen LogP contribution in [0.15, 0.2) is 0 Å². The number of nitrogens with zero attached hydrogens (tertiary/aromatic N) is 2. The van der Waals surface area contributed by atoms with Gasteiger partial charge in [-0.05, 0) is 19.8 Å². The van der Waals surface area contributed by atoms with E-state index in [2.05, 4.69) is 10.6 Å². The molecule has 1 saturated carbocycles. The minimum Gasteiger partial charge on any atom is -0.340 e. The van der Waals surface area contributed by atoms with E-state index in [1.54, 1.807) is 0 Å². The van der Waals surface area contributed by atoms with Crippen molar-refractivity contribution in [1.82, 2.24) is 20.4 Å². The SMILES string of the molecule is CC(C)C(=O)N1CCN(C(C)C(=O)NC(=O)NC2CCCCC2)CC1.